The average Bonchev–Trinajstić information content (AvgIpc) is 2.50. The van der Waals surface area contributed by atoms with Gasteiger partial charge < -0.3 is 10.4 Å². The van der Waals surface area contributed by atoms with Gasteiger partial charge in [0.05, 0.1) is 11.8 Å². The number of nitrogens with zero attached hydrogens (tertiary/aromatic N) is 2. The number of nitrogens with one attached hydrogen (secondary N) is 1. The van der Waals surface area contributed by atoms with E-state index in [1.807, 2.05) is 11.6 Å². The van der Waals surface area contributed by atoms with Crippen molar-refractivity contribution < 1.29 is 5.11 Å². The third kappa shape index (κ3) is 2.83. The van der Waals surface area contributed by atoms with E-state index in [1.165, 1.54) is 11.3 Å². The summed E-state index contributed by atoms with van der Waals surface area (Å²) in [5, 5.41) is 17.1. The van der Waals surface area contributed by atoms with Crippen LogP contribution >= 0.6 is 0 Å². The topological polar surface area (TPSA) is 50.1 Å². The first kappa shape index (κ1) is 13.2. The molecule has 0 aliphatic carbocycles. The van der Waals surface area contributed by atoms with Crippen LogP contribution in [0.25, 0.3) is 0 Å². The number of aromatic nitrogens is 2. The summed E-state index contributed by atoms with van der Waals surface area (Å²) >= 11 is 0. The highest BCUT2D eigenvalue weighted by Gasteiger charge is 2.16. The Morgan fingerprint density at radius 1 is 1.38 bits per heavy atom. The zero-order valence-electron chi connectivity index (χ0n) is 10.9. The Morgan fingerprint density at radius 2 is 2.00 bits per heavy atom. The van der Waals surface area contributed by atoms with Gasteiger partial charge in [0.2, 0.25) is 0 Å². The van der Waals surface area contributed by atoms with Gasteiger partial charge in [0.25, 0.3) is 0 Å². The maximum atomic E-state index is 9.25. The van der Waals surface area contributed by atoms with Crippen LogP contribution in [0.1, 0.15) is 43.8 Å². The van der Waals surface area contributed by atoms with Gasteiger partial charge in [-0.1, -0.05) is 0 Å². The van der Waals surface area contributed by atoms with Gasteiger partial charge in [-0.2, -0.15) is 5.10 Å². The van der Waals surface area contributed by atoms with Gasteiger partial charge >= 0.3 is 0 Å². The Balaban J connectivity index is 2.82. The van der Waals surface area contributed by atoms with E-state index in [4.69, 9.17) is 0 Å². The molecule has 0 saturated carbocycles. The molecule has 4 nitrogen and oxygen atoms in total. The molecule has 16 heavy (non-hydrogen) atoms. The number of hydrogen-bond donors (Lipinski definition) is 2. The number of aliphatic hydroxyl groups is 1. The summed E-state index contributed by atoms with van der Waals surface area (Å²) in [6.45, 7) is 11.6. The first-order chi connectivity index (χ1) is 7.47. The molecule has 4 heteroatoms. The van der Waals surface area contributed by atoms with Gasteiger partial charge in [-0.05, 0) is 34.6 Å². The van der Waals surface area contributed by atoms with Crippen molar-refractivity contribution in [1.29, 1.82) is 0 Å². The molecule has 0 aliphatic rings. The molecule has 0 saturated heterocycles. The van der Waals surface area contributed by atoms with Crippen molar-refractivity contribution in [2.45, 2.75) is 53.3 Å². The lowest BCUT2D eigenvalue weighted by Crippen LogP contribution is -2.27. The molecular formula is C12H23N3O. The van der Waals surface area contributed by atoms with Gasteiger partial charge in [-0.25, -0.2) is 0 Å². The molecule has 2 unspecified atom stereocenters. The van der Waals surface area contributed by atoms with E-state index < -0.39 is 0 Å². The highest BCUT2D eigenvalue weighted by atomic mass is 16.3. The van der Waals surface area contributed by atoms with E-state index in [2.05, 4.69) is 31.2 Å². The summed E-state index contributed by atoms with van der Waals surface area (Å²) in [5.74, 6) is 0. The van der Waals surface area contributed by atoms with Gasteiger partial charge in [-0.15, -0.1) is 0 Å². The smallest absolute Gasteiger partial charge is 0.0644 e. The molecule has 0 radical (unpaired) electrons. The van der Waals surface area contributed by atoms with Crippen molar-refractivity contribution in [3.05, 3.63) is 17.0 Å². The van der Waals surface area contributed by atoms with Gasteiger partial charge in [0.15, 0.2) is 0 Å². The largest absolute Gasteiger partial charge is 0.392 e. The van der Waals surface area contributed by atoms with Gasteiger partial charge in [0.1, 0.15) is 0 Å². The Morgan fingerprint density at radius 3 is 2.44 bits per heavy atom. The number of hydrogen-bond acceptors (Lipinski definition) is 3. The lowest BCUT2D eigenvalue weighted by atomic mass is 10.1. The van der Waals surface area contributed by atoms with Crippen LogP contribution in [0, 0.1) is 13.8 Å². The molecule has 0 aliphatic heterocycles. The van der Waals surface area contributed by atoms with Crippen molar-refractivity contribution in [3.63, 3.8) is 0 Å². The lowest BCUT2D eigenvalue weighted by Gasteiger charge is -2.16. The van der Waals surface area contributed by atoms with E-state index >= 15 is 0 Å². The van der Waals surface area contributed by atoms with Crippen molar-refractivity contribution >= 4 is 0 Å². The van der Waals surface area contributed by atoms with Crippen LogP contribution in [0.3, 0.4) is 0 Å². The first-order valence-electron chi connectivity index (χ1n) is 5.92. The molecule has 1 rings (SSSR count). The van der Waals surface area contributed by atoms with E-state index in [0.29, 0.717) is 6.54 Å². The lowest BCUT2D eigenvalue weighted by molar-refractivity contribution is 0.187. The molecule has 2 atom stereocenters. The highest BCUT2D eigenvalue weighted by molar-refractivity contribution is 5.27. The van der Waals surface area contributed by atoms with E-state index in [-0.39, 0.29) is 12.1 Å². The van der Waals surface area contributed by atoms with Crippen LogP contribution in [0.15, 0.2) is 0 Å². The summed E-state index contributed by atoms with van der Waals surface area (Å²) in [6.07, 6.45) is -0.315. The predicted molar refractivity (Wildman–Crippen MR) is 65.5 cm³/mol. The monoisotopic (exact) mass is 225 g/mol. The van der Waals surface area contributed by atoms with Gasteiger partial charge in [-0.3, -0.25) is 4.68 Å². The fourth-order valence-corrected chi connectivity index (χ4v) is 2.09. The highest BCUT2D eigenvalue weighted by Crippen LogP contribution is 2.21. The normalized spacial score (nSPS) is 15.1. The predicted octanol–water partition coefficient (Wildman–Crippen LogP) is 1.55. The molecule has 1 aromatic heterocycles. The van der Waals surface area contributed by atoms with E-state index in [9.17, 15) is 5.11 Å². The van der Waals surface area contributed by atoms with Crippen molar-refractivity contribution in [2.75, 3.05) is 6.54 Å². The van der Waals surface area contributed by atoms with Crippen LogP contribution in [0.4, 0.5) is 0 Å². The molecule has 0 fully saturated rings. The fourth-order valence-electron chi connectivity index (χ4n) is 2.09. The standard InChI is InChI=1S/C12H23N3O/c1-6-15-11(5)12(10(4)14-15)9(3)13-7-8(2)16/h8-9,13,16H,6-7H2,1-5H3. The molecule has 0 aromatic carbocycles. The van der Waals surface area contributed by atoms with Crippen LogP contribution in [-0.4, -0.2) is 27.5 Å². The minimum atomic E-state index is -0.315. The van der Waals surface area contributed by atoms with Crippen molar-refractivity contribution in [1.82, 2.24) is 15.1 Å². The molecule has 92 valence electrons. The molecular weight excluding hydrogens is 202 g/mol. The molecule has 2 N–H and O–H groups in total. The minimum Gasteiger partial charge on any atom is -0.392 e. The summed E-state index contributed by atoms with van der Waals surface area (Å²) in [7, 11) is 0. The van der Waals surface area contributed by atoms with Crippen LogP contribution < -0.4 is 5.32 Å². The molecule has 0 spiro atoms. The number of aryl methyl sites for hydroxylation is 2. The van der Waals surface area contributed by atoms with Gasteiger partial charge in [0, 0.05) is 30.4 Å². The van der Waals surface area contributed by atoms with Crippen LogP contribution in [-0.2, 0) is 6.54 Å². The average molecular weight is 225 g/mol. The molecule has 0 amide bonds. The molecule has 1 heterocycles. The second-order valence-electron chi connectivity index (χ2n) is 4.38. The quantitative estimate of drug-likeness (QED) is 0.799. The maximum absolute atomic E-state index is 9.25. The number of rotatable bonds is 5. The zero-order chi connectivity index (χ0) is 12.3. The fraction of sp³-hybridized carbons (Fsp3) is 0.750. The molecule has 0 bridgehead atoms. The summed E-state index contributed by atoms with van der Waals surface area (Å²) < 4.78 is 2.02. The van der Waals surface area contributed by atoms with E-state index in [1.54, 1.807) is 6.92 Å². The van der Waals surface area contributed by atoms with Crippen LogP contribution in [0.2, 0.25) is 0 Å². The number of aliphatic hydroxyl groups excluding tert-OH is 1. The van der Waals surface area contributed by atoms with Crippen molar-refractivity contribution in [3.8, 4) is 0 Å². The maximum Gasteiger partial charge on any atom is 0.0644 e. The third-order valence-electron chi connectivity index (χ3n) is 2.89. The SMILES string of the molecule is CCn1nc(C)c(C(C)NCC(C)O)c1C. The van der Waals surface area contributed by atoms with E-state index in [0.717, 1.165) is 12.2 Å². The Labute approximate surface area is 97.7 Å². The second-order valence-corrected chi connectivity index (χ2v) is 4.38. The second kappa shape index (κ2) is 5.46. The first-order valence-corrected chi connectivity index (χ1v) is 5.92. The third-order valence-corrected chi connectivity index (χ3v) is 2.89. The minimum absolute atomic E-state index is 0.231. The Kier molecular flexibility index (Phi) is 4.50. The molecule has 1 aromatic rings. The van der Waals surface area contributed by atoms with Crippen LogP contribution in [0.5, 0.6) is 0 Å². The Hall–Kier alpha value is -0.870. The Bertz CT molecular complexity index is 344. The zero-order valence-corrected chi connectivity index (χ0v) is 10.9. The van der Waals surface area contributed by atoms with Crippen molar-refractivity contribution in [2.24, 2.45) is 0 Å². The summed E-state index contributed by atoms with van der Waals surface area (Å²) in [4.78, 5) is 0. The summed E-state index contributed by atoms with van der Waals surface area (Å²) in [5.41, 5.74) is 3.54. The summed E-state index contributed by atoms with van der Waals surface area (Å²) in [6, 6.07) is 0.231.